The molecule has 2 aliphatic rings. The van der Waals surface area contributed by atoms with Crippen LogP contribution in [0.25, 0.3) is 0 Å². The molecule has 23 heavy (non-hydrogen) atoms. The van der Waals surface area contributed by atoms with Crippen molar-refractivity contribution in [1.82, 2.24) is 19.9 Å². The average molecular weight is 320 g/mol. The summed E-state index contributed by atoms with van der Waals surface area (Å²) in [5.41, 5.74) is 0. The summed E-state index contributed by atoms with van der Waals surface area (Å²) in [5, 5.41) is 3.60. The summed E-state index contributed by atoms with van der Waals surface area (Å²) < 4.78 is 4.98. The van der Waals surface area contributed by atoms with E-state index in [2.05, 4.69) is 10.1 Å². The van der Waals surface area contributed by atoms with Crippen LogP contribution in [0.1, 0.15) is 30.3 Å². The lowest BCUT2D eigenvalue weighted by molar-refractivity contribution is -0.132. The Labute approximate surface area is 136 Å². The van der Waals surface area contributed by atoms with Crippen molar-refractivity contribution in [1.29, 1.82) is 0 Å². The van der Waals surface area contributed by atoms with Crippen LogP contribution in [-0.2, 0) is 4.79 Å². The summed E-state index contributed by atoms with van der Waals surface area (Å²) in [6.07, 6.45) is 3.26. The molecule has 0 bridgehead atoms. The third kappa shape index (κ3) is 3.10. The van der Waals surface area contributed by atoms with E-state index in [4.69, 9.17) is 4.52 Å². The molecule has 1 aromatic rings. The van der Waals surface area contributed by atoms with Gasteiger partial charge in [0.1, 0.15) is 0 Å². The second-order valence-electron chi connectivity index (χ2n) is 6.82. The number of hydrogen-bond donors (Lipinski definition) is 0. The Morgan fingerprint density at radius 1 is 1.43 bits per heavy atom. The Hall–Kier alpha value is -1.89. The predicted octanol–water partition coefficient (Wildman–Crippen LogP) is 0.688. The highest BCUT2D eigenvalue weighted by molar-refractivity contribution is 5.91. The molecule has 7 heteroatoms. The summed E-state index contributed by atoms with van der Waals surface area (Å²) in [6.45, 7) is 3.84. The van der Waals surface area contributed by atoms with E-state index < -0.39 is 0 Å². The molecular formula is C16H24N4O3. The Morgan fingerprint density at radius 3 is 2.83 bits per heavy atom. The van der Waals surface area contributed by atoms with Gasteiger partial charge in [-0.25, -0.2) is 0 Å². The summed E-state index contributed by atoms with van der Waals surface area (Å²) in [6, 6.07) is 2.08. The van der Waals surface area contributed by atoms with Crippen LogP contribution in [0.5, 0.6) is 0 Å². The molecule has 3 atom stereocenters. The molecule has 0 aliphatic carbocycles. The first-order valence-electron chi connectivity index (χ1n) is 8.11. The fraction of sp³-hybridized carbons (Fsp3) is 0.688. The maximum absolute atomic E-state index is 12.4. The Kier molecular flexibility index (Phi) is 4.39. The number of rotatable bonds is 3. The Bertz CT molecular complexity index is 572. The van der Waals surface area contributed by atoms with Gasteiger partial charge in [-0.1, -0.05) is 5.16 Å². The summed E-state index contributed by atoms with van der Waals surface area (Å²) >= 11 is 0. The van der Waals surface area contributed by atoms with Crippen LogP contribution in [0.3, 0.4) is 0 Å². The first-order valence-corrected chi connectivity index (χ1v) is 8.11. The standard InChI is InChI=1S/C16H24N4O3/c1-11(21)20-13(10-18(2)3)8-12-9-19(7-5-14(12)20)16(22)15-4-6-17-23-15/h4,6,12-14H,5,7-10H2,1-3H3/t12-,13+,14+/m1/s1. The van der Waals surface area contributed by atoms with E-state index in [0.717, 1.165) is 19.4 Å². The van der Waals surface area contributed by atoms with E-state index in [0.29, 0.717) is 19.0 Å². The molecule has 3 rings (SSSR count). The highest BCUT2D eigenvalue weighted by atomic mass is 16.5. The minimum Gasteiger partial charge on any atom is -0.351 e. The minimum atomic E-state index is -0.105. The molecule has 7 nitrogen and oxygen atoms in total. The molecule has 3 heterocycles. The maximum Gasteiger partial charge on any atom is 0.292 e. The molecule has 0 spiro atoms. The summed E-state index contributed by atoms with van der Waals surface area (Å²) in [4.78, 5) is 30.5. The van der Waals surface area contributed by atoms with Gasteiger partial charge in [0.25, 0.3) is 5.91 Å². The molecule has 0 unspecified atom stereocenters. The van der Waals surface area contributed by atoms with E-state index in [1.54, 1.807) is 13.0 Å². The zero-order chi connectivity index (χ0) is 16.6. The van der Waals surface area contributed by atoms with Crippen LogP contribution in [0.4, 0.5) is 0 Å². The zero-order valence-corrected chi connectivity index (χ0v) is 13.9. The van der Waals surface area contributed by atoms with Gasteiger partial charge in [0, 0.05) is 44.7 Å². The molecule has 2 amide bonds. The van der Waals surface area contributed by atoms with Gasteiger partial charge in [0.05, 0.1) is 6.20 Å². The van der Waals surface area contributed by atoms with Crippen molar-refractivity contribution < 1.29 is 14.1 Å². The van der Waals surface area contributed by atoms with Gasteiger partial charge < -0.3 is 19.2 Å². The van der Waals surface area contributed by atoms with Gasteiger partial charge in [0.15, 0.2) is 0 Å². The number of aromatic nitrogens is 1. The average Bonchev–Trinajstić information content (AvgIpc) is 3.12. The molecule has 0 aromatic carbocycles. The Balaban J connectivity index is 1.71. The van der Waals surface area contributed by atoms with E-state index >= 15 is 0 Å². The van der Waals surface area contributed by atoms with Gasteiger partial charge in [0.2, 0.25) is 11.7 Å². The normalized spacial score (nSPS) is 27.4. The van der Waals surface area contributed by atoms with Crippen LogP contribution in [0.15, 0.2) is 16.8 Å². The van der Waals surface area contributed by atoms with E-state index in [-0.39, 0.29) is 29.7 Å². The highest BCUT2D eigenvalue weighted by Gasteiger charge is 2.46. The second kappa shape index (κ2) is 6.31. The monoisotopic (exact) mass is 320 g/mol. The molecule has 0 radical (unpaired) electrons. The van der Waals surface area contributed by atoms with Crippen molar-refractivity contribution in [3.8, 4) is 0 Å². The van der Waals surface area contributed by atoms with Crippen molar-refractivity contribution in [2.24, 2.45) is 5.92 Å². The minimum absolute atomic E-state index is 0.105. The van der Waals surface area contributed by atoms with Crippen LogP contribution in [0, 0.1) is 5.92 Å². The topological polar surface area (TPSA) is 69.9 Å². The second-order valence-corrected chi connectivity index (χ2v) is 6.82. The van der Waals surface area contributed by atoms with Crippen LogP contribution < -0.4 is 0 Å². The number of likely N-dealkylation sites (tertiary alicyclic amines) is 2. The lowest BCUT2D eigenvalue weighted by Gasteiger charge is -2.38. The smallest absolute Gasteiger partial charge is 0.292 e. The van der Waals surface area contributed by atoms with E-state index in [1.165, 1.54) is 6.20 Å². The first-order chi connectivity index (χ1) is 11.0. The van der Waals surface area contributed by atoms with Crippen LogP contribution >= 0.6 is 0 Å². The molecule has 2 fully saturated rings. The highest BCUT2D eigenvalue weighted by Crippen LogP contribution is 2.36. The van der Waals surface area contributed by atoms with Gasteiger partial charge in [-0.3, -0.25) is 9.59 Å². The third-order valence-electron chi connectivity index (χ3n) is 4.89. The number of fused-ring (bicyclic) bond motifs is 1. The van der Waals surface area contributed by atoms with E-state index in [1.807, 2.05) is 23.9 Å². The number of amides is 2. The third-order valence-corrected chi connectivity index (χ3v) is 4.89. The molecule has 0 saturated carbocycles. The van der Waals surface area contributed by atoms with Crippen molar-refractivity contribution in [3.05, 3.63) is 18.0 Å². The van der Waals surface area contributed by atoms with Gasteiger partial charge in [-0.15, -0.1) is 0 Å². The molecule has 2 aliphatic heterocycles. The lowest BCUT2D eigenvalue weighted by atomic mass is 9.92. The van der Waals surface area contributed by atoms with Crippen LogP contribution in [0.2, 0.25) is 0 Å². The fourth-order valence-electron chi connectivity index (χ4n) is 4.09. The van der Waals surface area contributed by atoms with Gasteiger partial charge >= 0.3 is 0 Å². The summed E-state index contributed by atoms with van der Waals surface area (Å²) in [5.74, 6) is 0.657. The number of carbonyl (C=O) groups is 2. The Morgan fingerprint density at radius 2 is 2.22 bits per heavy atom. The van der Waals surface area contributed by atoms with Crippen LogP contribution in [-0.4, -0.2) is 77.5 Å². The molecule has 126 valence electrons. The molecule has 1 aromatic heterocycles. The number of piperidine rings is 1. The number of nitrogens with zero attached hydrogens (tertiary/aromatic N) is 4. The largest absolute Gasteiger partial charge is 0.351 e. The van der Waals surface area contributed by atoms with Crippen molar-refractivity contribution in [2.45, 2.75) is 31.8 Å². The quantitative estimate of drug-likeness (QED) is 0.819. The summed E-state index contributed by atoms with van der Waals surface area (Å²) in [7, 11) is 4.06. The first kappa shape index (κ1) is 16.0. The molecule has 2 saturated heterocycles. The van der Waals surface area contributed by atoms with Crippen molar-refractivity contribution >= 4 is 11.8 Å². The molecular weight excluding hydrogens is 296 g/mol. The SMILES string of the molecule is CC(=O)N1[C@H](CN(C)C)C[C@@H]2CN(C(=O)c3ccno3)CC[C@@H]21. The van der Waals surface area contributed by atoms with Crippen molar-refractivity contribution in [3.63, 3.8) is 0 Å². The van der Waals surface area contributed by atoms with Gasteiger partial charge in [-0.2, -0.15) is 0 Å². The zero-order valence-electron chi connectivity index (χ0n) is 13.9. The lowest BCUT2D eigenvalue weighted by Crippen LogP contribution is -2.50. The van der Waals surface area contributed by atoms with E-state index in [9.17, 15) is 9.59 Å². The number of hydrogen-bond acceptors (Lipinski definition) is 5. The van der Waals surface area contributed by atoms with Crippen molar-refractivity contribution in [2.75, 3.05) is 33.7 Å². The number of likely N-dealkylation sites (N-methyl/N-ethyl adjacent to an activating group) is 1. The maximum atomic E-state index is 12.4. The predicted molar refractivity (Wildman–Crippen MR) is 83.8 cm³/mol. The molecule has 0 N–H and O–H groups in total. The van der Waals surface area contributed by atoms with Gasteiger partial charge in [-0.05, 0) is 32.9 Å². The number of carbonyl (C=O) groups excluding carboxylic acids is 2. The fourth-order valence-corrected chi connectivity index (χ4v) is 4.09.